The van der Waals surface area contributed by atoms with Gasteiger partial charge < -0.3 is 5.11 Å². The molecule has 1 atom stereocenters. The first-order chi connectivity index (χ1) is 10.8. The summed E-state index contributed by atoms with van der Waals surface area (Å²) >= 11 is 0.723. The maximum Gasteiger partial charge on any atom is 0.424 e. The predicted molar refractivity (Wildman–Crippen MR) is 76.5 cm³/mol. The SMILES string of the molecule is O=C(C[C@@](O)(c1nc2ccccc2s1)C(F)(F)F)N1CCCO1. The number of halogens is 3. The number of benzene rings is 1. The minimum atomic E-state index is -5.03. The molecule has 2 heterocycles. The summed E-state index contributed by atoms with van der Waals surface area (Å²) in [4.78, 5) is 20.8. The number of thiazole rings is 1. The fraction of sp³-hybridized carbons (Fsp3) is 0.429. The van der Waals surface area contributed by atoms with Crippen molar-refractivity contribution in [3.05, 3.63) is 29.3 Å². The zero-order valence-corrected chi connectivity index (χ0v) is 12.7. The summed E-state index contributed by atoms with van der Waals surface area (Å²) in [5.74, 6) is -0.915. The van der Waals surface area contributed by atoms with Gasteiger partial charge in [0.2, 0.25) is 11.5 Å². The number of nitrogens with zero attached hydrogens (tertiary/aromatic N) is 2. The zero-order chi connectivity index (χ0) is 16.7. The predicted octanol–water partition coefficient (Wildman–Crippen LogP) is 2.60. The van der Waals surface area contributed by atoms with Gasteiger partial charge in [-0.15, -0.1) is 11.3 Å². The summed E-state index contributed by atoms with van der Waals surface area (Å²) in [6, 6.07) is 6.47. The molecule has 1 N–H and O–H groups in total. The van der Waals surface area contributed by atoms with E-state index < -0.39 is 29.1 Å². The van der Waals surface area contributed by atoms with E-state index in [0.717, 1.165) is 16.4 Å². The van der Waals surface area contributed by atoms with Crippen LogP contribution in [-0.4, -0.2) is 40.4 Å². The quantitative estimate of drug-likeness (QED) is 0.928. The zero-order valence-electron chi connectivity index (χ0n) is 11.8. The number of hydroxylamine groups is 2. The number of para-hydroxylation sites is 1. The smallest absolute Gasteiger partial charge is 0.374 e. The Morgan fingerprint density at radius 1 is 1.39 bits per heavy atom. The standard InChI is InChI=1S/C14H13F3N2O3S/c15-14(16,17)13(21,8-11(20)19-6-3-7-22-19)12-18-9-4-1-2-5-10(9)23-12/h1-2,4-5,21H,3,6-8H2/t13-/m1/s1. The molecule has 9 heteroatoms. The van der Waals surface area contributed by atoms with Crippen molar-refractivity contribution in [1.29, 1.82) is 0 Å². The van der Waals surface area contributed by atoms with E-state index in [-0.39, 0.29) is 13.2 Å². The molecule has 0 unspecified atom stereocenters. The van der Waals surface area contributed by atoms with Crippen molar-refractivity contribution in [2.45, 2.75) is 24.6 Å². The maximum atomic E-state index is 13.5. The van der Waals surface area contributed by atoms with Gasteiger partial charge in [0, 0.05) is 0 Å². The highest BCUT2D eigenvalue weighted by Crippen LogP contribution is 2.44. The molecule has 2 aromatic rings. The second-order valence-corrected chi connectivity index (χ2v) is 6.23. The summed E-state index contributed by atoms with van der Waals surface area (Å²) in [6.07, 6.45) is -5.64. The molecule has 0 spiro atoms. The minimum absolute atomic E-state index is 0.215. The van der Waals surface area contributed by atoms with Gasteiger partial charge in [-0.25, -0.2) is 10.0 Å². The molecular weight excluding hydrogens is 333 g/mol. The molecule has 0 saturated carbocycles. The lowest BCUT2D eigenvalue weighted by Gasteiger charge is -2.29. The number of fused-ring (bicyclic) bond motifs is 1. The summed E-state index contributed by atoms with van der Waals surface area (Å²) in [5.41, 5.74) is -2.99. The van der Waals surface area contributed by atoms with Crippen LogP contribution >= 0.6 is 11.3 Å². The average molecular weight is 346 g/mol. The molecule has 124 valence electrons. The highest BCUT2D eigenvalue weighted by atomic mass is 32.1. The van der Waals surface area contributed by atoms with Crippen LogP contribution in [0.25, 0.3) is 10.2 Å². The molecule has 0 aliphatic carbocycles. The van der Waals surface area contributed by atoms with Gasteiger partial charge in [0.25, 0.3) is 0 Å². The fourth-order valence-electron chi connectivity index (χ4n) is 2.30. The molecular formula is C14H13F3N2O3S. The van der Waals surface area contributed by atoms with Gasteiger partial charge in [-0.05, 0) is 18.6 Å². The molecule has 1 saturated heterocycles. The third kappa shape index (κ3) is 2.91. The molecule has 23 heavy (non-hydrogen) atoms. The largest absolute Gasteiger partial charge is 0.424 e. The summed E-state index contributed by atoms with van der Waals surface area (Å²) in [6.45, 7) is 0.490. The number of hydrogen-bond donors (Lipinski definition) is 1. The Bertz CT molecular complexity index is 694. The number of aliphatic hydroxyl groups is 1. The lowest BCUT2D eigenvalue weighted by atomic mass is 9.99. The fourth-order valence-corrected chi connectivity index (χ4v) is 3.37. The third-order valence-electron chi connectivity index (χ3n) is 3.55. The van der Waals surface area contributed by atoms with Crippen LogP contribution in [0.15, 0.2) is 24.3 Å². The van der Waals surface area contributed by atoms with Crippen LogP contribution in [0.5, 0.6) is 0 Å². The first kappa shape index (κ1) is 16.2. The van der Waals surface area contributed by atoms with E-state index in [4.69, 9.17) is 4.84 Å². The van der Waals surface area contributed by atoms with Crippen LogP contribution in [-0.2, 0) is 15.2 Å². The topological polar surface area (TPSA) is 62.7 Å². The van der Waals surface area contributed by atoms with Crippen LogP contribution in [0.2, 0.25) is 0 Å². The number of rotatable bonds is 3. The van der Waals surface area contributed by atoms with Crippen molar-refractivity contribution >= 4 is 27.5 Å². The molecule has 0 bridgehead atoms. The molecule has 0 radical (unpaired) electrons. The van der Waals surface area contributed by atoms with E-state index in [2.05, 4.69) is 4.98 Å². The maximum absolute atomic E-state index is 13.5. The van der Waals surface area contributed by atoms with Crippen LogP contribution < -0.4 is 0 Å². The average Bonchev–Trinajstić information content (AvgIpc) is 3.15. The molecule has 3 rings (SSSR count). The van der Waals surface area contributed by atoms with Gasteiger partial charge in [-0.1, -0.05) is 12.1 Å². The highest BCUT2D eigenvalue weighted by molar-refractivity contribution is 7.18. The molecule has 1 aliphatic heterocycles. The minimum Gasteiger partial charge on any atom is -0.374 e. The molecule has 1 aromatic carbocycles. The Hall–Kier alpha value is -1.71. The van der Waals surface area contributed by atoms with Crippen LogP contribution in [0.4, 0.5) is 13.2 Å². The van der Waals surface area contributed by atoms with E-state index in [0.29, 0.717) is 16.6 Å². The molecule has 5 nitrogen and oxygen atoms in total. The lowest BCUT2D eigenvalue weighted by molar-refractivity contribution is -0.270. The second kappa shape index (κ2) is 5.73. The van der Waals surface area contributed by atoms with E-state index in [1.807, 2.05) is 0 Å². The van der Waals surface area contributed by atoms with Gasteiger partial charge in [-0.3, -0.25) is 9.63 Å². The van der Waals surface area contributed by atoms with E-state index >= 15 is 0 Å². The van der Waals surface area contributed by atoms with Crippen LogP contribution in [0, 0.1) is 0 Å². The monoisotopic (exact) mass is 346 g/mol. The molecule has 1 aliphatic rings. The Morgan fingerprint density at radius 2 is 2.13 bits per heavy atom. The number of carbonyl (C=O) groups is 1. The molecule has 1 aromatic heterocycles. The van der Waals surface area contributed by atoms with Crippen molar-refractivity contribution in [3.63, 3.8) is 0 Å². The number of hydrogen-bond acceptors (Lipinski definition) is 5. The Balaban J connectivity index is 1.97. The summed E-state index contributed by atoms with van der Waals surface area (Å²) in [5, 5.41) is 10.6. The lowest BCUT2D eigenvalue weighted by Crippen LogP contribution is -2.46. The third-order valence-corrected chi connectivity index (χ3v) is 4.74. The van der Waals surface area contributed by atoms with Crippen molar-refractivity contribution in [3.8, 4) is 0 Å². The van der Waals surface area contributed by atoms with Crippen molar-refractivity contribution in [2.75, 3.05) is 13.2 Å². The summed E-state index contributed by atoms with van der Waals surface area (Å²) < 4.78 is 40.9. The van der Waals surface area contributed by atoms with Gasteiger partial charge in [-0.2, -0.15) is 13.2 Å². The molecule has 1 amide bonds. The second-order valence-electron chi connectivity index (χ2n) is 5.20. The van der Waals surface area contributed by atoms with Gasteiger partial charge in [0.15, 0.2) is 0 Å². The van der Waals surface area contributed by atoms with Crippen molar-refractivity contribution < 1.29 is 27.9 Å². The van der Waals surface area contributed by atoms with E-state index in [1.165, 1.54) is 0 Å². The van der Waals surface area contributed by atoms with E-state index in [9.17, 15) is 23.1 Å². The normalized spacial score (nSPS) is 18.3. The molecule has 1 fully saturated rings. The number of alkyl halides is 3. The first-order valence-corrected chi connectivity index (χ1v) is 7.71. The number of carbonyl (C=O) groups excluding carboxylic acids is 1. The summed E-state index contributed by atoms with van der Waals surface area (Å²) in [7, 11) is 0. The van der Waals surface area contributed by atoms with Gasteiger partial charge >= 0.3 is 6.18 Å². The van der Waals surface area contributed by atoms with Crippen LogP contribution in [0.1, 0.15) is 17.8 Å². The Kier molecular flexibility index (Phi) is 4.03. The Labute approximate surface area is 133 Å². The van der Waals surface area contributed by atoms with Crippen molar-refractivity contribution in [1.82, 2.24) is 10.0 Å². The number of amides is 1. The van der Waals surface area contributed by atoms with Gasteiger partial charge in [0.05, 0.1) is 29.8 Å². The van der Waals surface area contributed by atoms with Crippen LogP contribution in [0.3, 0.4) is 0 Å². The Morgan fingerprint density at radius 3 is 2.74 bits per heavy atom. The first-order valence-electron chi connectivity index (χ1n) is 6.90. The van der Waals surface area contributed by atoms with E-state index in [1.54, 1.807) is 24.3 Å². The highest BCUT2D eigenvalue weighted by Gasteiger charge is 2.58. The number of aromatic nitrogens is 1. The van der Waals surface area contributed by atoms with Gasteiger partial charge in [0.1, 0.15) is 5.01 Å². The van der Waals surface area contributed by atoms with Crippen molar-refractivity contribution in [2.24, 2.45) is 0 Å².